The van der Waals surface area contributed by atoms with E-state index in [-0.39, 0.29) is 18.3 Å². The Hall–Kier alpha value is -1.06. The Morgan fingerprint density at radius 3 is 2.61 bits per heavy atom. The van der Waals surface area contributed by atoms with Gasteiger partial charge in [0.25, 0.3) is 5.91 Å². The minimum atomic E-state index is 0. The van der Waals surface area contributed by atoms with Gasteiger partial charge in [-0.2, -0.15) is 0 Å². The lowest BCUT2D eigenvalue weighted by molar-refractivity contribution is 0.0766. The average molecular weight is 269 g/mol. The highest BCUT2D eigenvalue weighted by Gasteiger charge is 2.16. The number of amides is 1. The van der Waals surface area contributed by atoms with Gasteiger partial charge in [0.2, 0.25) is 0 Å². The highest BCUT2D eigenvalue weighted by molar-refractivity contribution is 5.94. The lowest BCUT2D eigenvalue weighted by Crippen LogP contribution is -2.34. The number of rotatable bonds is 2. The number of benzene rings is 1. The van der Waals surface area contributed by atoms with Crippen LogP contribution in [-0.4, -0.2) is 37.0 Å². The SMILES string of the molecule is CCc1ccc(C(=O)N2CCCNCC2)cc1.Cl. The number of hydrogen-bond acceptors (Lipinski definition) is 2. The molecule has 1 aromatic carbocycles. The molecule has 100 valence electrons. The first-order valence-corrected chi connectivity index (χ1v) is 6.40. The standard InChI is InChI=1S/C14H20N2O.ClH/c1-2-12-4-6-13(7-5-12)14(17)16-10-3-8-15-9-11-16;/h4-7,15H,2-3,8-11H2,1H3;1H. The van der Waals surface area contributed by atoms with Gasteiger partial charge in [-0.05, 0) is 37.1 Å². The van der Waals surface area contributed by atoms with E-state index in [0.29, 0.717) is 0 Å². The summed E-state index contributed by atoms with van der Waals surface area (Å²) in [7, 11) is 0. The van der Waals surface area contributed by atoms with Gasteiger partial charge in [-0.25, -0.2) is 0 Å². The van der Waals surface area contributed by atoms with Crippen LogP contribution in [0.2, 0.25) is 0 Å². The number of carbonyl (C=O) groups is 1. The summed E-state index contributed by atoms with van der Waals surface area (Å²) >= 11 is 0. The number of aryl methyl sites for hydroxylation is 1. The fraction of sp³-hybridized carbons (Fsp3) is 0.500. The van der Waals surface area contributed by atoms with E-state index in [0.717, 1.165) is 44.6 Å². The molecule has 1 N–H and O–H groups in total. The third-order valence-corrected chi connectivity index (χ3v) is 3.24. The molecule has 0 spiro atoms. The van der Waals surface area contributed by atoms with Crippen molar-refractivity contribution in [3.63, 3.8) is 0 Å². The lowest BCUT2D eigenvalue weighted by Gasteiger charge is -2.20. The molecule has 0 aromatic heterocycles. The van der Waals surface area contributed by atoms with Crippen LogP contribution in [0, 0.1) is 0 Å². The normalized spacial score (nSPS) is 15.7. The summed E-state index contributed by atoms with van der Waals surface area (Å²) in [5.74, 6) is 0.163. The summed E-state index contributed by atoms with van der Waals surface area (Å²) in [6.07, 6.45) is 2.06. The van der Waals surface area contributed by atoms with E-state index in [1.807, 2.05) is 29.2 Å². The van der Waals surface area contributed by atoms with Gasteiger partial charge in [-0.15, -0.1) is 12.4 Å². The van der Waals surface area contributed by atoms with Crippen molar-refractivity contribution in [1.29, 1.82) is 0 Å². The van der Waals surface area contributed by atoms with Crippen molar-refractivity contribution in [2.24, 2.45) is 0 Å². The monoisotopic (exact) mass is 268 g/mol. The van der Waals surface area contributed by atoms with Gasteiger partial charge in [0.15, 0.2) is 0 Å². The third-order valence-electron chi connectivity index (χ3n) is 3.24. The fourth-order valence-electron chi connectivity index (χ4n) is 2.11. The minimum absolute atomic E-state index is 0. The molecule has 0 unspecified atom stereocenters. The van der Waals surface area contributed by atoms with Crippen molar-refractivity contribution in [1.82, 2.24) is 10.2 Å². The molecule has 2 rings (SSSR count). The van der Waals surface area contributed by atoms with Crippen molar-refractivity contribution < 1.29 is 4.79 Å². The first-order valence-electron chi connectivity index (χ1n) is 6.40. The average Bonchev–Trinajstić information content (AvgIpc) is 2.67. The molecule has 3 nitrogen and oxygen atoms in total. The highest BCUT2D eigenvalue weighted by atomic mass is 35.5. The van der Waals surface area contributed by atoms with Gasteiger partial charge in [0.05, 0.1) is 0 Å². The maximum Gasteiger partial charge on any atom is 0.253 e. The van der Waals surface area contributed by atoms with Crippen LogP contribution in [0.4, 0.5) is 0 Å². The Balaban J connectivity index is 0.00000162. The second-order valence-electron chi connectivity index (χ2n) is 4.45. The van der Waals surface area contributed by atoms with Crippen LogP contribution in [0.5, 0.6) is 0 Å². The zero-order chi connectivity index (χ0) is 12.1. The molecule has 1 aromatic rings. The van der Waals surface area contributed by atoms with Crippen LogP contribution < -0.4 is 5.32 Å². The first kappa shape index (κ1) is 15.0. The van der Waals surface area contributed by atoms with Crippen LogP contribution in [0.25, 0.3) is 0 Å². The smallest absolute Gasteiger partial charge is 0.253 e. The van der Waals surface area contributed by atoms with E-state index < -0.39 is 0 Å². The number of hydrogen-bond donors (Lipinski definition) is 1. The zero-order valence-electron chi connectivity index (χ0n) is 10.8. The van der Waals surface area contributed by atoms with Crippen LogP contribution in [0.3, 0.4) is 0 Å². The van der Waals surface area contributed by atoms with E-state index in [1.165, 1.54) is 5.56 Å². The van der Waals surface area contributed by atoms with Crippen molar-refractivity contribution >= 4 is 18.3 Å². The molecule has 0 bridgehead atoms. The van der Waals surface area contributed by atoms with Gasteiger partial charge in [0.1, 0.15) is 0 Å². The fourth-order valence-corrected chi connectivity index (χ4v) is 2.11. The Bertz CT molecular complexity index is 370. The molecule has 1 fully saturated rings. The molecule has 1 aliphatic rings. The largest absolute Gasteiger partial charge is 0.337 e. The molecule has 0 aliphatic carbocycles. The second-order valence-corrected chi connectivity index (χ2v) is 4.45. The molecule has 0 radical (unpaired) electrons. The second kappa shape index (κ2) is 7.39. The van der Waals surface area contributed by atoms with Gasteiger partial charge in [0, 0.05) is 25.2 Å². The molecular weight excluding hydrogens is 248 g/mol. The Labute approximate surface area is 115 Å². The molecule has 1 aliphatic heterocycles. The summed E-state index contributed by atoms with van der Waals surface area (Å²) in [6.45, 7) is 5.71. The van der Waals surface area contributed by atoms with E-state index in [4.69, 9.17) is 0 Å². The summed E-state index contributed by atoms with van der Waals surface area (Å²) in [5.41, 5.74) is 2.09. The third kappa shape index (κ3) is 3.72. The summed E-state index contributed by atoms with van der Waals surface area (Å²) in [5, 5.41) is 3.31. The van der Waals surface area contributed by atoms with Crippen molar-refractivity contribution in [2.45, 2.75) is 19.8 Å². The summed E-state index contributed by atoms with van der Waals surface area (Å²) < 4.78 is 0. The maximum absolute atomic E-state index is 12.3. The van der Waals surface area contributed by atoms with Crippen LogP contribution in [-0.2, 0) is 6.42 Å². The number of halogens is 1. The van der Waals surface area contributed by atoms with Gasteiger partial charge < -0.3 is 10.2 Å². The Morgan fingerprint density at radius 1 is 1.22 bits per heavy atom. The topological polar surface area (TPSA) is 32.3 Å². The van der Waals surface area contributed by atoms with Gasteiger partial charge in [-0.3, -0.25) is 4.79 Å². The van der Waals surface area contributed by atoms with Gasteiger partial charge in [-0.1, -0.05) is 19.1 Å². The molecule has 1 saturated heterocycles. The number of nitrogens with zero attached hydrogens (tertiary/aromatic N) is 1. The maximum atomic E-state index is 12.3. The summed E-state index contributed by atoms with van der Waals surface area (Å²) in [4.78, 5) is 14.2. The minimum Gasteiger partial charge on any atom is -0.337 e. The molecule has 18 heavy (non-hydrogen) atoms. The molecular formula is C14H21ClN2O. The number of carbonyl (C=O) groups excluding carboxylic acids is 1. The predicted octanol–water partition coefficient (Wildman–Crippen LogP) is 2.11. The van der Waals surface area contributed by atoms with Crippen LogP contribution in [0.15, 0.2) is 24.3 Å². The molecule has 1 heterocycles. The Kier molecular flexibility index (Phi) is 6.16. The quantitative estimate of drug-likeness (QED) is 0.891. The van der Waals surface area contributed by atoms with Crippen molar-refractivity contribution in [3.05, 3.63) is 35.4 Å². The molecule has 0 saturated carbocycles. The van der Waals surface area contributed by atoms with Crippen LogP contribution in [0.1, 0.15) is 29.3 Å². The molecule has 1 amide bonds. The van der Waals surface area contributed by atoms with E-state index in [1.54, 1.807) is 0 Å². The van der Waals surface area contributed by atoms with Gasteiger partial charge >= 0.3 is 0 Å². The molecule has 4 heteroatoms. The molecule has 0 atom stereocenters. The highest BCUT2D eigenvalue weighted by Crippen LogP contribution is 2.09. The first-order chi connectivity index (χ1) is 8.31. The predicted molar refractivity (Wildman–Crippen MR) is 76.5 cm³/mol. The van der Waals surface area contributed by atoms with E-state index >= 15 is 0 Å². The van der Waals surface area contributed by atoms with E-state index in [2.05, 4.69) is 12.2 Å². The zero-order valence-corrected chi connectivity index (χ0v) is 11.6. The van der Waals surface area contributed by atoms with Crippen LogP contribution >= 0.6 is 12.4 Å². The summed E-state index contributed by atoms with van der Waals surface area (Å²) in [6, 6.07) is 7.98. The lowest BCUT2D eigenvalue weighted by atomic mass is 10.1. The van der Waals surface area contributed by atoms with E-state index in [9.17, 15) is 4.79 Å². The van der Waals surface area contributed by atoms with Crippen molar-refractivity contribution in [2.75, 3.05) is 26.2 Å². The Morgan fingerprint density at radius 2 is 1.94 bits per heavy atom. The number of nitrogens with one attached hydrogen (secondary N) is 1. The van der Waals surface area contributed by atoms with Crippen molar-refractivity contribution in [3.8, 4) is 0 Å².